The molecule has 144 valence electrons. The molecule has 1 heterocycles. The molecule has 10 heteroatoms. The molecule has 1 fully saturated rings. The van der Waals surface area contributed by atoms with Crippen molar-refractivity contribution in [3.05, 3.63) is 29.5 Å². The fourth-order valence-corrected chi connectivity index (χ4v) is 2.20. The third-order valence-corrected chi connectivity index (χ3v) is 4.14. The number of alkyl halides is 4. The highest BCUT2D eigenvalue weighted by molar-refractivity contribution is 6.54. The second kappa shape index (κ2) is 7.44. The normalized spacial score (nSPS) is 19.3. The lowest BCUT2D eigenvalue weighted by Gasteiger charge is -2.32. The second-order valence-electron chi connectivity index (χ2n) is 6.61. The Bertz CT molecular complexity index is 634. The van der Waals surface area contributed by atoms with Gasteiger partial charge in [-0.3, -0.25) is 0 Å². The lowest BCUT2D eigenvalue weighted by atomic mass is 9.87. The third-order valence-electron chi connectivity index (χ3n) is 4.14. The zero-order chi connectivity index (χ0) is 19.7. The van der Waals surface area contributed by atoms with Gasteiger partial charge in [0.1, 0.15) is 17.2 Å². The van der Waals surface area contributed by atoms with Gasteiger partial charge in [0.15, 0.2) is 0 Å². The van der Waals surface area contributed by atoms with Crippen molar-refractivity contribution < 1.29 is 40.7 Å². The van der Waals surface area contributed by atoms with E-state index in [4.69, 9.17) is 9.31 Å². The summed E-state index contributed by atoms with van der Waals surface area (Å²) in [5.74, 6) is -0.905. The largest absolute Gasteiger partial charge is 0.525 e. The van der Waals surface area contributed by atoms with Crippen molar-refractivity contribution in [3.63, 3.8) is 0 Å². The highest BCUT2D eigenvalue weighted by atomic mass is 19.3. The summed E-state index contributed by atoms with van der Waals surface area (Å²) in [6.45, 7) is 0.554. The van der Waals surface area contributed by atoms with Crippen molar-refractivity contribution in [2.24, 2.45) is 0 Å². The summed E-state index contributed by atoms with van der Waals surface area (Å²) in [6, 6.07) is 2.95. The Morgan fingerprint density at radius 2 is 1.35 bits per heavy atom. The first-order valence-corrected chi connectivity index (χ1v) is 7.67. The van der Waals surface area contributed by atoms with E-state index in [1.165, 1.54) is 0 Å². The molecule has 0 bridgehead atoms. The van der Waals surface area contributed by atoms with E-state index in [1.54, 1.807) is 27.7 Å². The molecule has 2 rings (SSSR count). The van der Waals surface area contributed by atoms with Crippen molar-refractivity contribution in [1.29, 1.82) is 0 Å². The number of hydrogen-bond donors (Lipinski definition) is 0. The maximum Gasteiger partial charge on any atom is 0.525 e. The summed E-state index contributed by atoms with van der Waals surface area (Å²) in [5.41, 5.74) is -2.47. The highest BCUT2D eigenvalue weighted by Crippen LogP contribution is 2.39. The van der Waals surface area contributed by atoms with Gasteiger partial charge in [0.2, 0.25) is 0 Å². The molecule has 1 aliphatic rings. The SMILES string of the molecule is CC1(C)OB(C(F)=Cc2cc(OC(F)F)cc(OC(F)F)c2)OC1(C)C. The van der Waals surface area contributed by atoms with E-state index >= 15 is 0 Å². The summed E-state index contributed by atoms with van der Waals surface area (Å²) in [4.78, 5) is 0. The number of hydrogen-bond acceptors (Lipinski definition) is 4. The van der Waals surface area contributed by atoms with Crippen molar-refractivity contribution in [3.8, 4) is 11.5 Å². The fourth-order valence-electron chi connectivity index (χ4n) is 2.20. The van der Waals surface area contributed by atoms with Crippen LogP contribution in [0.15, 0.2) is 23.9 Å². The minimum absolute atomic E-state index is 0.0361. The Labute approximate surface area is 148 Å². The van der Waals surface area contributed by atoms with Crippen molar-refractivity contribution in [2.75, 3.05) is 0 Å². The van der Waals surface area contributed by atoms with Crippen LogP contribution in [0.4, 0.5) is 22.0 Å². The number of rotatable bonds is 6. The Morgan fingerprint density at radius 1 is 0.923 bits per heavy atom. The number of ether oxygens (including phenoxy) is 2. The van der Waals surface area contributed by atoms with Gasteiger partial charge in [0.25, 0.3) is 0 Å². The maximum atomic E-state index is 14.5. The van der Waals surface area contributed by atoms with Gasteiger partial charge in [-0.2, -0.15) is 17.6 Å². The minimum Gasteiger partial charge on any atom is -0.435 e. The monoisotopic (exact) mass is 380 g/mol. The molecule has 0 spiro atoms. The van der Waals surface area contributed by atoms with Crippen molar-refractivity contribution >= 4 is 13.2 Å². The average Bonchev–Trinajstić information content (AvgIpc) is 2.65. The zero-order valence-electron chi connectivity index (χ0n) is 14.6. The molecule has 26 heavy (non-hydrogen) atoms. The van der Waals surface area contributed by atoms with Gasteiger partial charge in [-0.1, -0.05) is 0 Å². The Kier molecular flexibility index (Phi) is 5.87. The molecule has 0 saturated carbocycles. The molecule has 1 aliphatic heterocycles. The van der Waals surface area contributed by atoms with E-state index in [9.17, 15) is 22.0 Å². The van der Waals surface area contributed by atoms with Gasteiger partial charge in [-0.25, -0.2) is 4.39 Å². The Balaban J connectivity index is 2.30. The summed E-state index contributed by atoms with van der Waals surface area (Å²) in [6.07, 6.45) is 0.915. The van der Waals surface area contributed by atoms with E-state index < -0.39 is 48.8 Å². The molecule has 0 aromatic heterocycles. The van der Waals surface area contributed by atoms with Crippen LogP contribution in [0, 0.1) is 0 Å². The van der Waals surface area contributed by atoms with E-state index in [-0.39, 0.29) is 5.56 Å². The van der Waals surface area contributed by atoms with Gasteiger partial charge < -0.3 is 18.8 Å². The molecule has 1 aromatic rings. The van der Waals surface area contributed by atoms with Crippen LogP contribution in [-0.2, 0) is 9.31 Å². The highest BCUT2D eigenvalue weighted by Gasteiger charge is 2.53. The summed E-state index contributed by atoms with van der Waals surface area (Å²) >= 11 is 0. The maximum absolute atomic E-state index is 14.5. The van der Waals surface area contributed by atoms with E-state index in [1.807, 2.05) is 0 Å². The lowest BCUT2D eigenvalue weighted by Crippen LogP contribution is -2.41. The molecule has 0 aliphatic carbocycles. The van der Waals surface area contributed by atoms with Crippen LogP contribution in [0.3, 0.4) is 0 Å². The second-order valence-corrected chi connectivity index (χ2v) is 6.61. The predicted octanol–water partition coefficient (Wildman–Crippen LogP) is 4.83. The molecule has 1 aromatic carbocycles. The predicted molar refractivity (Wildman–Crippen MR) is 84.9 cm³/mol. The van der Waals surface area contributed by atoms with Gasteiger partial charge >= 0.3 is 20.3 Å². The minimum atomic E-state index is -3.18. The van der Waals surface area contributed by atoms with Gasteiger partial charge in [0, 0.05) is 6.07 Å². The lowest BCUT2D eigenvalue weighted by molar-refractivity contribution is -0.0542. The molecule has 4 nitrogen and oxygen atoms in total. The molecule has 0 N–H and O–H groups in total. The smallest absolute Gasteiger partial charge is 0.435 e. The molecule has 0 atom stereocenters. The first-order valence-electron chi connectivity index (χ1n) is 7.67. The molecule has 0 unspecified atom stereocenters. The van der Waals surface area contributed by atoms with Crippen LogP contribution >= 0.6 is 0 Å². The van der Waals surface area contributed by atoms with E-state index in [0.29, 0.717) is 0 Å². The van der Waals surface area contributed by atoms with E-state index in [0.717, 1.165) is 24.3 Å². The molecule has 1 saturated heterocycles. The molecule has 0 radical (unpaired) electrons. The van der Waals surface area contributed by atoms with E-state index in [2.05, 4.69) is 9.47 Å². The van der Waals surface area contributed by atoms with Gasteiger partial charge in [-0.15, -0.1) is 0 Å². The summed E-state index contributed by atoms with van der Waals surface area (Å²) in [5, 5.41) is 0. The quantitative estimate of drug-likeness (QED) is 0.523. The topological polar surface area (TPSA) is 36.9 Å². The zero-order valence-corrected chi connectivity index (χ0v) is 14.6. The fraction of sp³-hybridized carbons (Fsp3) is 0.500. The van der Waals surface area contributed by atoms with Crippen LogP contribution in [0.1, 0.15) is 33.3 Å². The van der Waals surface area contributed by atoms with Crippen molar-refractivity contribution in [1.82, 2.24) is 0 Å². The van der Waals surface area contributed by atoms with Crippen LogP contribution in [0.25, 0.3) is 6.08 Å². The molecular weight excluding hydrogens is 362 g/mol. The standard InChI is InChI=1S/C16H18BF5O4/c1-15(2)16(3,4)26-17(25-15)12(18)7-9-5-10(23-13(19)20)8-11(6-9)24-14(21)22/h5-8,13-14H,1-4H3. The van der Waals surface area contributed by atoms with Crippen LogP contribution in [-0.4, -0.2) is 31.5 Å². The Hall–Kier alpha value is -1.81. The van der Waals surface area contributed by atoms with Gasteiger partial charge in [0.05, 0.1) is 11.2 Å². The first-order chi connectivity index (χ1) is 11.9. The third kappa shape index (κ3) is 4.88. The average molecular weight is 380 g/mol. The summed E-state index contributed by atoms with van der Waals surface area (Å²) < 4.78 is 83.4. The number of halogens is 5. The summed E-state index contributed by atoms with van der Waals surface area (Å²) in [7, 11) is -1.32. The molecular formula is C16H18BF5O4. The Morgan fingerprint density at radius 3 is 1.73 bits per heavy atom. The molecule has 0 amide bonds. The van der Waals surface area contributed by atoms with Crippen molar-refractivity contribution in [2.45, 2.75) is 52.1 Å². The van der Waals surface area contributed by atoms with Crippen LogP contribution in [0.2, 0.25) is 0 Å². The van der Waals surface area contributed by atoms with Gasteiger partial charge in [-0.05, 0) is 51.5 Å². The van der Waals surface area contributed by atoms with Crippen LogP contribution in [0.5, 0.6) is 11.5 Å². The first kappa shape index (κ1) is 20.5. The number of benzene rings is 1. The van der Waals surface area contributed by atoms with Crippen LogP contribution < -0.4 is 9.47 Å².